The molecule has 0 fully saturated rings. The highest BCUT2D eigenvalue weighted by molar-refractivity contribution is 5.40. The molecule has 0 aromatic heterocycles. The maximum atomic E-state index is 13.1. The first kappa shape index (κ1) is 12.4. The summed E-state index contributed by atoms with van der Waals surface area (Å²) in [5, 5.41) is 0. The predicted octanol–water partition coefficient (Wildman–Crippen LogP) is 3.09. The Hall–Kier alpha value is -2.07. The van der Waals surface area contributed by atoms with Crippen LogP contribution in [-0.4, -0.2) is 7.11 Å². The second-order valence-electron chi connectivity index (χ2n) is 3.74. The van der Waals surface area contributed by atoms with Crippen molar-refractivity contribution >= 4 is 0 Å². The van der Waals surface area contributed by atoms with Gasteiger partial charge in [-0.2, -0.15) is 0 Å². The summed E-state index contributed by atoms with van der Waals surface area (Å²) < 4.78 is 23.8. The number of nitrogens with two attached hydrogens (primary N) is 1. The third-order valence-corrected chi connectivity index (χ3v) is 2.51. The van der Waals surface area contributed by atoms with Gasteiger partial charge in [-0.1, -0.05) is 6.07 Å². The average molecular weight is 247 g/mol. The number of benzene rings is 2. The molecule has 3 nitrogen and oxygen atoms in total. The quantitative estimate of drug-likeness (QED) is 0.903. The van der Waals surface area contributed by atoms with Gasteiger partial charge in [0.05, 0.1) is 7.11 Å². The van der Waals surface area contributed by atoms with Crippen molar-refractivity contribution in [3.05, 3.63) is 53.8 Å². The van der Waals surface area contributed by atoms with Gasteiger partial charge in [0, 0.05) is 18.2 Å². The SMILES string of the molecule is COc1cccc(Oc2ccc(F)cc2CN)c1. The van der Waals surface area contributed by atoms with Crippen molar-refractivity contribution in [2.75, 3.05) is 7.11 Å². The van der Waals surface area contributed by atoms with Crippen LogP contribution < -0.4 is 15.2 Å². The van der Waals surface area contributed by atoms with Crippen molar-refractivity contribution < 1.29 is 13.9 Å². The van der Waals surface area contributed by atoms with Crippen LogP contribution in [0.1, 0.15) is 5.56 Å². The molecular formula is C14H14FNO2. The Morgan fingerprint density at radius 2 is 1.89 bits per heavy atom. The van der Waals surface area contributed by atoms with Gasteiger partial charge in [-0.05, 0) is 30.3 Å². The summed E-state index contributed by atoms with van der Waals surface area (Å²) in [5.74, 6) is 1.54. The fourth-order valence-corrected chi connectivity index (χ4v) is 1.60. The molecule has 0 aliphatic rings. The summed E-state index contributed by atoms with van der Waals surface area (Å²) in [7, 11) is 1.59. The molecule has 0 unspecified atom stereocenters. The Morgan fingerprint density at radius 3 is 2.61 bits per heavy atom. The summed E-state index contributed by atoms with van der Waals surface area (Å²) in [6, 6.07) is 11.5. The average Bonchev–Trinajstić information content (AvgIpc) is 2.41. The minimum Gasteiger partial charge on any atom is -0.497 e. The van der Waals surface area contributed by atoms with E-state index in [-0.39, 0.29) is 12.4 Å². The van der Waals surface area contributed by atoms with E-state index in [0.717, 1.165) is 0 Å². The van der Waals surface area contributed by atoms with E-state index in [4.69, 9.17) is 15.2 Å². The van der Waals surface area contributed by atoms with Crippen LogP contribution in [0.15, 0.2) is 42.5 Å². The number of methoxy groups -OCH3 is 1. The van der Waals surface area contributed by atoms with Crippen molar-refractivity contribution in [2.45, 2.75) is 6.54 Å². The predicted molar refractivity (Wildman–Crippen MR) is 67.4 cm³/mol. The summed E-state index contributed by atoms with van der Waals surface area (Å²) in [6.07, 6.45) is 0. The van der Waals surface area contributed by atoms with Crippen molar-refractivity contribution in [2.24, 2.45) is 5.73 Å². The lowest BCUT2D eigenvalue weighted by atomic mass is 10.2. The molecule has 2 aromatic carbocycles. The fraction of sp³-hybridized carbons (Fsp3) is 0.143. The molecule has 0 radical (unpaired) electrons. The van der Waals surface area contributed by atoms with Crippen LogP contribution in [0.4, 0.5) is 4.39 Å². The molecule has 0 saturated carbocycles. The van der Waals surface area contributed by atoms with Gasteiger partial charge in [-0.3, -0.25) is 0 Å². The summed E-state index contributed by atoms with van der Waals surface area (Å²) in [6.45, 7) is 0.219. The largest absolute Gasteiger partial charge is 0.497 e. The Kier molecular flexibility index (Phi) is 3.79. The molecule has 94 valence electrons. The molecule has 18 heavy (non-hydrogen) atoms. The molecule has 0 saturated heterocycles. The molecule has 0 aliphatic heterocycles. The highest BCUT2D eigenvalue weighted by Crippen LogP contribution is 2.28. The molecule has 0 heterocycles. The zero-order valence-corrected chi connectivity index (χ0v) is 10.0. The molecule has 2 rings (SSSR count). The molecule has 0 bridgehead atoms. The first-order valence-electron chi connectivity index (χ1n) is 5.53. The summed E-state index contributed by atoms with van der Waals surface area (Å²) in [4.78, 5) is 0. The molecule has 0 spiro atoms. The Balaban J connectivity index is 2.27. The molecule has 2 N–H and O–H groups in total. The second-order valence-corrected chi connectivity index (χ2v) is 3.74. The van der Waals surface area contributed by atoms with Crippen LogP contribution in [0.25, 0.3) is 0 Å². The number of halogens is 1. The van der Waals surface area contributed by atoms with Crippen molar-refractivity contribution in [1.29, 1.82) is 0 Å². The molecular weight excluding hydrogens is 233 g/mol. The maximum absolute atomic E-state index is 13.1. The van der Waals surface area contributed by atoms with E-state index in [1.165, 1.54) is 12.1 Å². The van der Waals surface area contributed by atoms with E-state index in [1.54, 1.807) is 25.3 Å². The molecule has 0 amide bonds. The highest BCUT2D eigenvalue weighted by Gasteiger charge is 2.06. The number of ether oxygens (including phenoxy) is 2. The van der Waals surface area contributed by atoms with E-state index in [0.29, 0.717) is 22.8 Å². The number of hydrogen-bond donors (Lipinski definition) is 1. The fourth-order valence-electron chi connectivity index (χ4n) is 1.60. The van der Waals surface area contributed by atoms with Crippen molar-refractivity contribution in [3.8, 4) is 17.2 Å². The van der Waals surface area contributed by atoms with Gasteiger partial charge in [0.15, 0.2) is 0 Å². The van der Waals surface area contributed by atoms with Gasteiger partial charge in [-0.25, -0.2) is 4.39 Å². The van der Waals surface area contributed by atoms with Crippen LogP contribution in [0.3, 0.4) is 0 Å². The molecule has 0 atom stereocenters. The first-order chi connectivity index (χ1) is 8.72. The van der Waals surface area contributed by atoms with Crippen LogP contribution in [0.5, 0.6) is 17.2 Å². The lowest BCUT2D eigenvalue weighted by molar-refractivity contribution is 0.408. The Labute approximate surface area is 105 Å². The zero-order valence-electron chi connectivity index (χ0n) is 10.0. The number of hydrogen-bond acceptors (Lipinski definition) is 3. The summed E-state index contributed by atoms with van der Waals surface area (Å²) >= 11 is 0. The van der Waals surface area contributed by atoms with Crippen molar-refractivity contribution in [3.63, 3.8) is 0 Å². The van der Waals surface area contributed by atoms with Crippen LogP contribution in [0, 0.1) is 5.82 Å². The Bertz CT molecular complexity index is 543. The van der Waals surface area contributed by atoms with E-state index < -0.39 is 0 Å². The van der Waals surface area contributed by atoms with Gasteiger partial charge < -0.3 is 15.2 Å². The second kappa shape index (κ2) is 5.51. The topological polar surface area (TPSA) is 44.5 Å². The minimum atomic E-state index is -0.326. The molecule has 2 aromatic rings. The van der Waals surface area contributed by atoms with Gasteiger partial charge in [0.1, 0.15) is 23.1 Å². The summed E-state index contributed by atoms with van der Waals surface area (Å²) in [5.41, 5.74) is 6.18. The smallest absolute Gasteiger partial charge is 0.132 e. The van der Waals surface area contributed by atoms with Crippen molar-refractivity contribution in [1.82, 2.24) is 0 Å². The minimum absolute atomic E-state index is 0.219. The monoisotopic (exact) mass is 247 g/mol. The Morgan fingerprint density at radius 1 is 1.11 bits per heavy atom. The molecule has 4 heteroatoms. The standard InChI is InChI=1S/C14H14FNO2/c1-17-12-3-2-4-13(8-12)18-14-6-5-11(15)7-10(14)9-16/h2-8H,9,16H2,1H3. The van der Waals surface area contributed by atoms with Gasteiger partial charge in [-0.15, -0.1) is 0 Å². The van der Waals surface area contributed by atoms with Crippen LogP contribution >= 0.6 is 0 Å². The normalized spacial score (nSPS) is 10.2. The maximum Gasteiger partial charge on any atom is 0.132 e. The number of rotatable bonds is 4. The lowest BCUT2D eigenvalue weighted by Gasteiger charge is -2.10. The third kappa shape index (κ3) is 2.78. The highest BCUT2D eigenvalue weighted by atomic mass is 19.1. The van der Waals surface area contributed by atoms with E-state index >= 15 is 0 Å². The van der Waals surface area contributed by atoms with Crippen LogP contribution in [0.2, 0.25) is 0 Å². The third-order valence-electron chi connectivity index (χ3n) is 2.51. The van der Waals surface area contributed by atoms with E-state index in [1.807, 2.05) is 12.1 Å². The van der Waals surface area contributed by atoms with Gasteiger partial charge in [0.25, 0.3) is 0 Å². The van der Waals surface area contributed by atoms with Gasteiger partial charge >= 0.3 is 0 Å². The zero-order chi connectivity index (χ0) is 13.0. The first-order valence-corrected chi connectivity index (χ1v) is 5.53. The van der Waals surface area contributed by atoms with Gasteiger partial charge in [0.2, 0.25) is 0 Å². The lowest BCUT2D eigenvalue weighted by Crippen LogP contribution is -2.00. The van der Waals surface area contributed by atoms with E-state index in [9.17, 15) is 4.39 Å². The van der Waals surface area contributed by atoms with E-state index in [2.05, 4.69) is 0 Å². The van der Waals surface area contributed by atoms with Crippen LogP contribution in [-0.2, 0) is 6.54 Å². The molecule has 0 aliphatic carbocycles.